The summed E-state index contributed by atoms with van der Waals surface area (Å²) in [5, 5.41) is 0. The zero-order valence-corrected chi connectivity index (χ0v) is 11.7. The number of methoxy groups -OCH3 is 2. The molecule has 0 rings (SSSR count). The Morgan fingerprint density at radius 2 is 1.88 bits per heavy atom. The van der Waals surface area contributed by atoms with Crippen molar-refractivity contribution in [3.63, 3.8) is 0 Å². The molecule has 0 N–H and O–H groups in total. The van der Waals surface area contributed by atoms with Gasteiger partial charge < -0.3 is 14.0 Å². The van der Waals surface area contributed by atoms with E-state index in [1.807, 2.05) is 6.92 Å². The normalized spacial score (nSPS) is 14.1. The molecule has 0 aromatic rings. The minimum Gasteiger partial charge on any atom is -0.469 e. The van der Waals surface area contributed by atoms with Crippen LogP contribution in [0.5, 0.6) is 0 Å². The molecule has 0 fully saturated rings. The third-order valence-electron chi connectivity index (χ3n) is 2.46. The number of carbonyl (C=O) groups excluding carboxylic acids is 2. The molecule has 17 heavy (non-hydrogen) atoms. The van der Waals surface area contributed by atoms with Gasteiger partial charge in [-0.25, -0.2) is 0 Å². The lowest BCUT2D eigenvalue weighted by Crippen LogP contribution is -2.11. The summed E-state index contributed by atoms with van der Waals surface area (Å²) < 4.78 is 21.3. The summed E-state index contributed by atoms with van der Waals surface area (Å²) in [5.74, 6) is -0.958. The second-order valence-electron chi connectivity index (χ2n) is 3.73. The van der Waals surface area contributed by atoms with Gasteiger partial charge in [-0.2, -0.15) is 0 Å². The van der Waals surface area contributed by atoms with Crippen molar-refractivity contribution in [2.45, 2.75) is 44.9 Å². The summed E-state index contributed by atoms with van der Waals surface area (Å²) in [5.41, 5.74) is -0.386. The molecule has 2 unspecified atom stereocenters. The van der Waals surface area contributed by atoms with Gasteiger partial charge in [-0.1, -0.05) is 19.8 Å². The first-order chi connectivity index (χ1) is 8.06. The average molecular weight is 264 g/mol. The van der Waals surface area contributed by atoms with Gasteiger partial charge >= 0.3 is 5.97 Å². The molecular weight excluding hydrogens is 243 g/mol. The average Bonchev–Trinajstić information content (AvgIpc) is 2.35. The molecule has 0 heterocycles. The van der Waals surface area contributed by atoms with Crippen molar-refractivity contribution in [3.05, 3.63) is 0 Å². The van der Waals surface area contributed by atoms with Gasteiger partial charge in [-0.05, 0) is 6.42 Å². The van der Waals surface area contributed by atoms with Crippen LogP contribution in [0.15, 0.2) is 0 Å². The SMILES string of the molecule is CCCCC(OC)[PH](=O)C(=O)CCC(=O)OC. The Balaban J connectivity index is 4.16. The van der Waals surface area contributed by atoms with E-state index in [4.69, 9.17) is 4.74 Å². The highest BCUT2D eigenvalue weighted by Crippen LogP contribution is 2.34. The predicted octanol–water partition coefficient (Wildman–Crippen LogP) is 2.19. The van der Waals surface area contributed by atoms with E-state index < -0.39 is 19.6 Å². The lowest BCUT2D eigenvalue weighted by atomic mass is 10.3. The Morgan fingerprint density at radius 3 is 2.35 bits per heavy atom. The summed E-state index contributed by atoms with van der Waals surface area (Å²) in [4.78, 5) is 22.4. The van der Waals surface area contributed by atoms with E-state index in [-0.39, 0.29) is 18.4 Å². The third kappa shape index (κ3) is 6.59. The molecule has 0 spiro atoms. The summed E-state index contributed by atoms with van der Waals surface area (Å²) in [7, 11) is 0.262. The summed E-state index contributed by atoms with van der Waals surface area (Å²) in [6.07, 6.45) is 2.41. The molecular formula is C11H21O5P. The minimum atomic E-state index is -2.45. The van der Waals surface area contributed by atoms with E-state index in [0.29, 0.717) is 6.42 Å². The fourth-order valence-corrected chi connectivity index (χ4v) is 2.78. The summed E-state index contributed by atoms with van der Waals surface area (Å²) in [6, 6.07) is 0. The van der Waals surface area contributed by atoms with E-state index in [9.17, 15) is 14.2 Å². The second kappa shape index (κ2) is 9.37. The molecule has 2 atom stereocenters. The summed E-state index contributed by atoms with van der Waals surface area (Å²) >= 11 is 0. The van der Waals surface area contributed by atoms with Crippen molar-refractivity contribution in [3.8, 4) is 0 Å². The molecule has 0 aliphatic carbocycles. The topological polar surface area (TPSA) is 69.7 Å². The zero-order chi connectivity index (χ0) is 13.3. The molecule has 0 radical (unpaired) electrons. The van der Waals surface area contributed by atoms with Gasteiger partial charge in [-0.15, -0.1) is 0 Å². The highest BCUT2D eigenvalue weighted by atomic mass is 31.1. The van der Waals surface area contributed by atoms with E-state index in [2.05, 4.69) is 4.74 Å². The van der Waals surface area contributed by atoms with Crippen LogP contribution >= 0.6 is 7.80 Å². The van der Waals surface area contributed by atoms with Crippen LogP contribution in [0.4, 0.5) is 0 Å². The van der Waals surface area contributed by atoms with Crippen LogP contribution in [0, 0.1) is 0 Å². The summed E-state index contributed by atoms with van der Waals surface area (Å²) in [6.45, 7) is 2.02. The van der Waals surface area contributed by atoms with Crippen molar-refractivity contribution in [1.82, 2.24) is 0 Å². The Labute approximate surface area is 103 Å². The van der Waals surface area contributed by atoms with Crippen LogP contribution in [-0.2, 0) is 23.6 Å². The molecule has 0 aliphatic heterocycles. The van der Waals surface area contributed by atoms with E-state index in [0.717, 1.165) is 12.8 Å². The molecule has 0 saturated heterocycles. The van der Waals surface area contributed by atoms with Gasteiger partial charge in [0.25, 0.3) is 0 Å². The molecule has 0 saturated carbocycles. The number of hydrogen-bond acceptors (Lipinski definition) is 5. The van der Waals surface area contributed by atoms with Gasteiger partial charge in [0.15, 0.2) is 13.3 Å². The van der Waals surface area contributed by atoms with Crippen molar-refractivity contribution >= 4 is 19.3 Å². The first-order valence-electron chi connectivity index (χ1n) is 5.73. The Kier molecular flexibility index (Phi) is 9.00. The van der Waals surface area contributed by atoms with Gasteiger partial charge in [0.05, 0.1) is 13.5 Å². The molecule has 6 heteroatoms. The molecule has 0 aliphatic rings. The number of carbonyl (C=O) groups is 2. The van der Waals surface area contributed by atoms with Crippen molar-refractivity contribution < 1.29 is 23.6 Å². The monoisotopic (exact) mass is 264 g/mol. The molecule has 100 valence electrons. The Bertz CT molecular complexity index is 277. The maximum atomic E-state index is 11.8. The van der Waals surface area contributed by atoms with Gasteiger partial charge in [-0.3, -0.25) is 9.59 Å². The third-order valence-corrected chi connectivity index (χ3v) is 4.36. The maximum absolute atomic E-state index is 11.8. The minimum absolute atomic E-state index is 0.0179. The van der Waals surface area contributed by atoms with Crippen LogP contribution in [0.25, 0.3) is 0 Å². The largest absolute Gasteiger partial charge is 0.469 e. The van der Waals surface area contributed by atoms with Crippen LogP contribution < -0.4 is 0 Å². The lowest BCUT2D eigenvalue weighted by Gasteiger charge is -2.13. The number of esters is 1. The standard InChI is InChI=1S/C11H21O5P/c1-4-5-6-11(16-3)17(14)10(13)8-7-9(12)15-2/h11,17H,4-8H2,1-3H3. The van der Waals surface area contributed by atoms with Crippen LogP contribution in [0.1, 0.15) is 39.0 Å². The van der Waals surface area contributed by atoms with Gasteiger partial charge in [0.2, 0.25) is 0 Å². The Morgan fingerprint density at radius 1 is 1.24 bits per heavy atom. The highest BCUT2D eigenvalue weighted by Gasteiger charge is 2.22. The van der Waals surface area contributed by atoms with E-state index in [1.54, 1.807) is 0 Å². The quantitative estimate of drug-likeness (QED) is 0.471. The number of rotatable bonds is 9. The fourth-order valence-electron chi connectivity index (χ4n) is 1.37. The highest BCUT2D eigenvalue weighted by molar-refractivity contribution is 7.64. The number of hydrogen-bond donors (Lipinski definition) is 0. The maximum Gasteiger partial charge on any atom is 0.305 e. The van der Waals surface area contributed by atoms with Crippen molar-refractivity contribution in [2.24, 2.45) is 0 Å². The fraction of sp³-hybridized carbons (Fsp3) is 0.818. The lowest BCUT2D eigenvalue weighted by molar-refractivity contribution is -0.141. The van der Waals surface area contributed by atoms with Crippen LogP contribution in [-0.4, -0.2) is 31.6 Å². The van der Waals surface area contributed by atoms with Gasteiger partial charge in [0.1, 0.15) is 5.85 Å². The van der Waals surface area contributed by atoms with Crippen molar-refractivity contribution in [2.75, 3.05) is 14.2 Å². The molecule has 0 bridgehead atoms. The first-order valence-corrected chi connectivity index (χ1v) is 7.22. The van der Waals surface area contributed by atoms with Crippen LogP contribution in [0.2, 0.25) is 0 Å². The van der Waals surface area contributed by atoms with E-state index >= 15 is 0 Å². The molecule has 5 nitrogen and oxygen atoms in total. The Hall–Kier alpha value is -0.670. The zero-order valence-electron chi connectivity index (χ0n) is 10.7. The first kappa shape index (κ1) is 16.3. The molecule has 0 aromatic heterocycles. The second-order valence-corrected chi connectivity index (χ2v) is 5.66. The predicted molar refractivity (Wildman–Crippen MR) is 65.6 cm³/mol. The van der Waals surface area contributed by atoms with Crippen molar-refractivity contribution in [1.29, 1.82) is 0 Å². The van der Waals surface area contributed by atoms with E-state index in [1.165, 1.54) is 14.2 Å². The molecule has 0 amide bonds. The smallest absolute Gasteiger partial charge is 0.305 e. The number of unbranched alkanes of at least 4 members (excludes halogenated alkanes) is 1. The molecule has 0 aromatic carbocycles. The number of ether oxygens (including phenoxy) is 2. The van der Waals surface area contributed by atoms with Crippen LogP contribution in [0.3, 0.4) is 0 Å². The van der Waals surface area contributed by atoms with Gasteiger partial charge in [0, 0.05) is 13.5 Å².